The lowest BCUT2D eigenvalue weighted by Gasteiger charge is -2.22. The average molecular weight is 512 g/mol. The molecule has 0 fully saturated rings. The van der Waals surface area contributed by atoms with Gasteiger partial charge in [-0.25, -0.2) is 8.42 Å². The second-order valence-corrected chi connectivity index (χ2v) is 10.4. The van der Waals surface area contributed by atoms with Crippen LogP contribution in [0.15, 0.2) is 71.6 Å². The van der Waals surface area contributed by atoms with Crippen molar-refractivity contribution in [1.82, 2.24) is 9.62 Å². The van der Waals surface area contributed by atoms with Crippen LogP contribution in [0.2, 0.25) is 15.1 Å². The van der Waals surface area contributed by atoms with Crippen molar-refractivity contribution in [3.05, 3.63) is 98.5 Å². The lowest BCUT2D eigenvalue weighted by atomic mass is 10.2. The normalized spacial score (nSPS) is 11.5. The van der Waals surface area contributed by atoms with Gasteiger partial charge in [0.15, 0.2) is 0 Å². The molecular weight excluding hydrogens is 491 g/mol. The fourth-order valence-electron chi connectivity index (χ4n) is 2.98. The Morgan fingerprint density at radius 3 is 2.25 bits per heavy atom. The van der Waals surface area contributed by atoms with E-state index in [4.69, 9.17) is 34.8 Å². The van der Waals surface area contributed by atoms with Crippen molar-refractivity contribution in [1.29, 1.82) is 0 Å². The van der Waals surface area contributed by atoms with Gasteiger partial charge in [0.25, 0.3) is 0 Å². The summed E-state index contributed by atoms with van der Waals surface area (Å²) in [7, 11) is -3.95. The van der Waals surface area contributed by atoms with E-state index >= 15 is 0 Å². The van der Waals surface area contributed by atoms with Crippen molar-refractivity contribution >= 4 is 50.7 Å². The number of amides is 1. The third-order valence-corrected chi connectivity index (χ3v) is 7.54. The Hall–Kier alpha value is -2.09. The average Bonchev–Trinajstić information content (AvgIpc) is 2.74. The van der Waals surface area contributed by atoms with Crippen LogP contribution in [0, 0.1) is 6.92 Å². The molecule has 0 radical (unpaired) electrons. The number of carbonyl (C=O) groups is 1. The molecule has 168 valence electrons. The van der Waals surface area contributed by atoms with Gasteiger partial charge in [0.2, 0.25) is 15.9 Å². The Morgan fingerprint density at radius 1 is 0.906 bits per heavy atom. The Labute approximate surface area is 203 Å². The standard InChI is InChI=1S/C23H21Cl3N2O3S/c1-16-6-10-20(11-7-16)32(30,31)28(14-18-4-2-3-5-21(18)25)15-23(29)27-13-17-8-9-19(24)12-22(17)26/h2-12H,13-15H2,1H3,(H,27,29). The van der Waals surface area contributed by atoms with Gasteiger partial charge >= 0.3 is 0 Å². The van der Waals surface area contributed by atoms with Crippen molar-refractivity contribution in [3.8, 4) is 0 Å². The van der Waals surface area contributed by atoms with Crippen LogP contribution in [-0.2, 0) is 27.9 Å². The number of hydrogen-bond donors (Lipinski definition) is 1. The predicted octanol–water partition coefficient (Wildman–Crippen LogP) is 5.46. The number of sulfonamides is 1. The highest BCUT2D eigenvalue weighted by Gasteiger charge is 2.27. The molecule has 0 aliphatic rings. The number of halogens is 3. The van der Waals surface area contributed by atoms with E-state index in [-0.39, 0.29) is 24.5 Å². The van der Waals surface area contributed by atoms with E-state index in [2.05, 4.69) is 5.32 Å². The van der Waals surface area contributed by atoms with Crippen LogP contribution in [0.25, 0.3) is 0 Å². The van der Waals surface area contributed by atoms with E-state index in [1.165, 1.54) is 12.1 Å². The molecule has 3 aromatic rings. The van der Waals surface area contributed by atoms with Gasteiger partial charge in [0.05, 0.1) is 11.4 Å². The zero-order chi connectivity index (χ0) is 23.3. The van der Waals surface area contributed by atoms with Gasteiger partial charge < -0.3 is 5.32 Å². The number of benzene rings is 3. The minimum atomic E-state index is -3.95. The van der Waals surface area contributed by atoms with Crippen LogP contribution in [0.3, 0.4) is 0 Å². The SMILES string of the molecule is Cc1ccc(S(=O)(=O)N(CC(=O)NCc2ccc(Cl)cc2Cl)Cc2ccccc2Cl)cc1. The first-order chi connectivity index (χ1) is 15.2. The van der Waals surface area contributed by atoms with E-state index in [1.54, 1.807) is 54.6 Å². The molecule has 5 nitrogen and oxygen atoms in total. The zero-order valence-corrected chi connectivity index (χ0v) is 20.3. The van der Waals surface area contributed by atoms with E-state index in [0.717, 1.165) is 9.87 Å². The van der Waals surface area contributed by atoms with Gasteiger partial charge in [-0.1, -0.05) is 76.8 Å². The topological polar surface area (TPSA) is 66.5 Å². The lowest BCUT2D eigenvalue weighted by Crippen LogP contribution is -2.40. The van der Waals surface area contributed by atoms with Gasteiger partial charge in [0.1, 0.15) is 0 Å². The Balaban J connectivity index is 1.82. The first-order valence-corrected chi connectivity index (χ1v) is 12.2. The van der Waals surface area contributed by atoms with Crippen LogP contribution < -0.4 is 5.32 Å². The van der Waals surface area contributed by atoms with Gasteiger partial charge in [-0.15, -0.1) is 0 Å². The number of rotatable bonds is 8. The van der Waals surface area contributed by atoms with E-state index in [0.29, 0.717) is 26.2 Å². The molecule has 9 heteroatoms. The van der Waals surface area contributed by atoms with Crippen LogP contribution in [0.5, 0.6) is 0 Å². The summed E-state index contributed by atoms with van der Waals surface area (Å²) < 4.78 is 27.8. The minimum Gasteiger partial charge on any atom is -0.351 e. The second kappa shape index (κ2) is 10.7. The Kier molecular flexibility index (Phi) is 8.20. The lowest BCUT2D eigenvalue weighted by molar-refractivity contribution is -0.121. The number of carbonyl (C=O) groups excluding carboxylic acids is 1. The number of nitrogens with one attached hydrogen (secondary N) is 1. The highest BCUT2D eigenvalue weighted by atomic mass is 35.5. The quantitative estimate of drug-likeness (QED) is 0.436. The summed E-state index contributed by atoms with van der Waals surface area (Å²) >= 11 is 18.3. The first kappa shape index (κ1) is 24.6. The monoisotopic (exact) mass is 510 g/mol. The summed E-state index contributed by atoms with van der Waals surface area (Å²) in [6.07, 6.45) is 0. The second-order valence-electron chi connectivity index (χ2n) is 7.19. The fraction of sp³-hybridized carbons (Fsp3) is 0.174. The molecule has 0 saturated heterocycles. The summed E-state index contributed by atoms with van der Waals surface area (Å²) in [5, 5.41) is 4.04. The largest absolute Gasteiger partial charge is 0.351 e. The van der Waals surface area contributed by atoms with Crippen LogP contribution in [0.1, 0.15) is 16.7 Å². The molecule has 1 N–H and O–H groups in total. The molecule has 0 spiro atoms. The molecule has 0 saturated carbocycles. The molecule has 0 heterocycles. The van der Waals surface area contributed by atoms with Crippen molar-refractivity contribution in [2.45, 2.75) is 24.9 Å². The maximum atomic E-state index is 13.3. The first-order valence-electron chi connectivity index (χ1n) is 9.67. The highest BCUT2D eigenvalue weighted by molar-refractivity contribution is 7.89. The summed E-state index contributed by atoms with van der Waals surface area (Å²) in [6, 6.07) is 18.3. The van der Waals surface area contributed by atoms with Crippen molar-refractivity contribution < 1.29 is 13.2 Å². The Morgan fingerprint density at radius 2 is 1.59 bits per heavy atom. The molecule has 0 aliphatic carbocycles. The van der Waals surface area contributed by atoms with Gasteiger partial charge in [-0.05, 0) is 48.4 Å². The van der Waals surface area contributed by atoms with Gasteiger partial charge in [0, 0.05) is 28.2 Å². The Bertz CT molecular complexity index is 1220. The third kappa shape index (κ3) is 6.24. The number of nitrogens with zero attached hydrogens (tertiary/aromatic N) is 1. The highest BCUT2D eigenvalue weighted by Crippen LogP contribution is 2.23. The molecule has 1 amide bonds. The molecular formula is C23H21Cl3N2O3S. The van der Waals surface area contributed by atoms with E-state index < -0.39 is 15.9 Å². The number of aryl methyl sites for hydroxylation is 1. The third-order valence-electron chi connectivity index (χ3n) is 4.77. The maximum absolute atomic E-state index is 13.3. The molecule has 3 rings (SSSR count). The smallest absolute Gasteiger partial charge is 0.243 e. The summed E-state index contributed by atoms with van der Waals surface area (Å²) in [5.74, 6) is -0.473. The minimum absolute atomic E-state index is 0.0506. The van der Waals surface area contributed by atoms with Crippen LogP contribution in [0.4, 0.5) is 0 Å². The summed E-state index contributed by atoms with van der Waals surface area (Å²) in [5.41, 5.74) is 2.20. The zero-order valence-electron chi connectivity index (χ0n) is 17.2. The summed E-state index contributed by atoms with van der Waals surface area (Å²) in [4.78, 5) is 12.8. The predicted molar refractivity (Wildman–Crippen MR) is 129 cm³/mol. The van der Waals surface area contributed by atoms with Crippen molar-refractivity contribution in [2.24, 2.45) is 0 Å². The van der Waals surface area contributed by atoms with E-state index in [9.17, 15) is 13.2 Å². The molecule has 0 unspecified atom stereocenters. The van der Waals surface area contributed by atoms with Crippen molar-refractivity contribution in [3.63, 3.8) is 0 Å². The molecule has 0 atom stereocenters. The molecule has 0 aromatic heterocycles. The molecule has 0 aliphatic heterocycles. The molecule has 0 bridgehead atoms. The summed E-state index contributed by atoms with van der Waals surface area (Å²) in [6.45, 7) is 1.57. The fourth-order valence-corrected chi connectivity index (χ4v) is 5.02. The van der Waals surface area contributed by atoms with Crippen LogP contribution in [-0.4, -0.2) is 25.2 Å². The van der Waals surface area contributed by atoms with Gasteiger partial charge in [-0.3, -0.25) is 4.79 Å². The maximum Gasteiger partial charge on any atom is 0.243 e. The van der Waals surface area contributed by atoms with Crippen molar-refractivity contribution in [2.75, 3.05) is 6.54 Å². The molecule has 32 heavy (non-hydrogen) atoms. The number of hydrogen-bond acceptors (Lipinski definition) is 3. The van der Waals surface area contributed by atoms with Gasteiger partial charge in [-0.2, -0.15) is 4.31 Å². The molecule has 3 aromatic carbocycles. The van der Waals surface area contributed by atoms with E-state index in [1.807, 2.05) is 6.92 Å². The van der Waals surface area contributed by atoms with Crippen LogP contribution >= 0.6 is 34.8 Å².